The number of aromatic nitrogens is 1. The number of nitrogens with two attached hydrogens (primary N) is 1. The summed E-state index contributed by atoms with van der Waals surface area (Å²) < 4.78 is 0. The van der Waals surface area contributed by atoms with Gasteiger partial charge in [0.1, 0.15) is 6.04 Å². The number of aromatic amines is 1. The van der Waals surface area contributed by atoms with Gasteiger partial charge in [0, 0.05) is 23.7 Å². The first kappa shape index (κ1) is 20.8. The molecule has 1 aliphatic carbocycles. The van der Waals surface area contributed by atoms with Gasteiger partial charge in [-0.15, -0.1) is 0 Å². The first-order chi connectivity index (χ1) is 13.8. The molecule has 0 spiro atoms. The number of rotatable bonds is 6. The van der Waals surface area contributed by atoms with Gasteiger partial charge in [0.25, 0.3) is 0 Å². The van der Waals surface area contributed by atoms with Gasteiger partial charge in [-0.2, -0.15) is 5.26 Å². The van der Waals surface area contributed by atoms with Crippen LogP contribution in [0.4, 0.5) is 0 Å². The van der Waals surface area contributed by atoms with Crippen LogP contribution in [0.1, 0.15) is 56.7 Å². The smallest absolute Gasteiger partial charge is 0.248 e. The monoisotopic (exact) mass is 392 g/mol. The molecule has 1 fully saturated rings. The first-order valence-corrected chi connectivity index (χ1v) is 10.1. The molecule has 3 rings (SSSR count). The minimum absolute atomic E-state index is 0.110. The van der Waals surface area contributed by atoms with Crippen LogP contribution in [0.2, 0.25) is 0 Å². The van der Waals surface area contributed by atoms with E-state index in [0.717, 1.165) is 35.2 Å². The van der Waals surface area contributed by atoms with E-state index in [4.69, 9.17) is 5.73 Å². The largest absolute Gasteiger partial charge is 0.338 e. The molecule has 1 atom stereocenters. The van der Waals surface area contributed by atoms with Gasteiger partial charge in [0.2, 0.25) is 11.5 Å². The summed E-state index contributed by atoms with van der Waals surface area (Å²) in [6.45, 7) is 4.08. The predicted molar refractivity (Wildman–Crippen MR) is 113 cm³/mol. The van der Waals surface area contributed by atoms with Crippen LogP contribution in [0.25, 0.3) is 11.1 Å². The van der Waals surface area contributed by atoms with Gasteiger partial charge in [-0.25, -0.2) is 0 Å². The molecule has 1 heterocycles. The zero-order chi connectivity index (χ0) is 21.0. The molecule has 1 unspecified atom stereocenters. The van der Waals surface area contributed by atoms with Crippen molar-refractivity contribution in [1.82, 2.24) is 10.3 Å². The van der Waals surface area contributed by atoms with Crippen LogP contribution in [-0.2, 0) is 11.2 Å². The Morgan fingerprint density at radius 3 is 2.45 bits per heavy atom. The van der Waals surface area contributed by atoms with Gasteiger partial charge < -0.3 is 16.0 Å². The lowest BCUT2D eigenvalue weighted by molar-refractivity contribution is -0.126. The van der Waals surface area contributed by atoms with E-state index in [1.54, 1.807) is 0 Å². The zero-order valence-electron chi connectivity index (χ0n) is 17.0. The van der Waals surface area contributed by atoms with Crippen molar-refractivity contribution in [2.75, 3.05) is 0 Å². The fraction of sp³-hybridized carbons (Fsp3) is 0.435. The van der Waals surface area contributed by atoms with E-state index in [2.05, 4.69) is 16.4 Å². The number of nitrogens with one attached hydrogen (secondary N) is 2. The quantitative estimate of drug-likeness (QED) is 0.701. The number of carbonyl (C=O) groups excluding carboxylic acids is 1. The molecular formula is C23H28N4O2. The highest BCUT2D eigenvalue weighted by atomic mass is 16.2. The van der Waals surface area contributed by atoms with Gasteiger partial charge in [0.15, 0.2) is 0 Å². The van der Waals surface area contributed by atoms with Crippen LogP contribution in [-0.4, -0.2) is 22.5 Å². The Balaban J connectivity index is 1.72. The SMILES string of the molecule is CC(C)c1[nH]c(=O)ccc1-c1ccc(CC(C#N)NC(=O)C2(N)CCCC2)cc1. The molecule has 0 aliphatic heterocycles. The molecule has 2 aromatic rings. The van der Waals surface area contributed by atoms with E-state index in [1.807, 2.05) is 44.2 Å². The van der Waals surface area contributed by atoms with Crippen LogP contribution in [0, 0.1) is 11.3 Å². The topological polar surface area (TPSA) is 112 Å². The molecule has 1 aliphatic rings. The molecule has 6 heteroatoms. The average molecular weight is 393 g/mol. The second-order valence-electron chi connectivity index (χ2n) is 8.22. The third kappa shape index (κ3) is 4.75. The highest BCUT2D eigenvalue weighted by Crippen LogP contribution is 2.28. The number of benzene rings is 1. The number of amides is 1. The molecule has 152 valence electrons. The normalized spacial score (nSPS) is 16.4. The van der Waals surface area contributed by atoms with Gasteiger partial charge in [-0.3, -0.25) is 9.59 Å². The Kier molecular flexibility index (Phi) is 6.19. The maximum absolute atomic E-state index is 12.5. The van der Waals surface area contributed by atoms with Crippen molar-refractivity contribution in [1.29, 1.82) is 5.26 Å². The van der Waals surface area contributed by atoms with Crippen LogP contribution >= 0.6 is 0 Å². The van der Waals surface area contributed by atoms with E-state index >= 15 is 0 Å². The lowest BCUT2D eigenvalue weighted by atomic mass is 9.95. The fourth-order valence-electron chi connectivity index (χ4n) is 3.92. The molecule has 29 heavy (non-hydrogen) atoms. The minimum atomic E-state index is -0.837. The molecule has 1 aromatic carbocycles. The van der Waals surface area contributed by atoms with Crippen molar-refractivity contribution in [3.63, 3.8) is 0 Å². The zero-order valence-corrected chi connectivity index (χ0v) is 17.0. The molecule has 4 N–H and O–H groups in total. The van der Waals surface area contributed by atoms with Crippen molar-refractivity contribution in [2.45, 2.75) is 63.5 Å². The maximum atomic E-state index is 12.5. The first-order valence-electron chi connectivity index (χ1n) is 10.1. The van der Waals surface area contributed by atoms with Gasteiger partial charge in [0.05, 0.1) is 11.6 Å². The molecule has 0 saturated heterocycles. The summed E-state index contributed by atoms with van der Waals surface area (Å²) in [5.74, 6) is -0.0380. The second-order valence-corrected chi connectivity index (χ2v) is 8.22. The van der Waals surface area contributed by atoms with Gasteiger partial charge in [-0.1, -0.05) is 51.0 Å². The van der Waals surface area contributed by atoms with E-state index in [0.29, 0.717) is 19.3 Å². The predicted octanol–water partition coefficient (Wildman–Crippen LogP) is 2.99. The van der Waals surface area contributed by atoms with Crippen LogP contribution in [0.5, 0.6) is 0 Å². The molecule has 1 amide bonds. The molecular weight excluding hydrogens is 364 g/mol. The molecule has 6 nitrogen and oxygen atoms in total. The number of H-pyrrole nitrogens is 1. The molecule has 1 saturated carbocycles. The van der Waals surface area contributed by atoms with E-state index < -0.39 is 11.6 Å². The highest BCUT2D eigenvalue weighted by Gasteiger charge is 2.37. The molecule has 0 radical (unpaired) electrons. The third-order valence-electron chi connectivity index (χ3n) is 5.64. The van der Waals surface area contributed by atoms with Crippen molar-refractivity contribution >= 4 is 5.91 Å². The number of pyridine rings is 1. The number of hydrogen-bond donors (Lipinski definition) is 3. The summed E-state index contributed by atoms with van der Waals surface area (Å²) in [4.78, 5) is 27.1. The molecule has 1 aromatic heterocycles. The Hall–Kier alpha value is -2.91. The number of nitriles is 1. The van der Waals surface area contributed by atoms with Crippen LogP contribution in [0.3, 0.4) is 0 Å². The number of carbonyl (C=O) groups is 1. The van der Waals surface area contributed by atoms with E-state index in [9.17, 15) is 14.9 Å². The molecule has 0 bridgehead atoms. The van der Waals surface area contributed by atoms with Crippen LogP contribution in [0.15, 0.2) is 41.2 Å². The third-order valence-corrected chi connectivity index (χ3v) is 5.64. The van der Waals surface area contributed by atoms with Crippen molar-refractivity contribution in [2.24, 2.45) is 5.73 Å². The summed E-state index contributed by atoms with van der Waals surface area (Å²) in [7, 11) is 0. The lowest BCUT2D eigenvalue weighted by Gasteiger charge is -2.24. The lowest BCUT2D eigenvalue weighted by Crippen LogP contribution is -2.54. The Morgan fingerprint density at radius 1 is 1.21 bits per heavy atom. The summed E-state index contributed by atoms with van der Waals surface area (Å²) in [6, 6.07) is 12.8. The summed E-state index contributed by atoms with van der Waals surface area (Å²) in [6.07, 6.45) is 3.66. The Labute approximate surface area is 171 Å². The van der Waals surface area contributed by atoms with E-state index in [1.165, 1.54) is 6.07 Å². The van der Waals surface area contributed by atoms with Crippen molar-refractivity contribution in [3.8, 4) is 17.2 Å². The maximum Gasteiger partial charge on any atom is 0.248 e. The minimum Gasteiger partial charge on any atom is -0.338 e. The number of nitrogens with zero attached hydrogens (tertiary/aromatic N) is 1. The van der Waals surface area contributed by atoms with E-state index in [-0.39, 0.29) is 17.4 Å². The Bertz CT molecular complexity index is 964. The van der Waals surface area contributed by atoms with Gasteiger partial charge in [-0.05, 0) is 36.0 Å². The standard InChI is InChI=1S/C23H28N4O2/c1-15(2)21-19(9-10-20(28)27-21)17-7-5-16(6-8-17)13-18(14-24)26-22(29)23(25)11-3-4-12-23/h5-10,15,18H,3-4,11-13,25H2,1-2H3,(H,26,29)(H,27,28). The Morgan fingerprint density at radius 2 is 1.86 bits per heavy atom. The second kappa shape index (κ2) is 8.62. The highest BCUT2D eigenvalue weighted by molar-refractivity contribution is 5.86. The van der Waals surface area contributed by atoms with Crippen molar-refractivity contribution in [3.05, 3.63) is 58.0 Å². The summed E-state index contributed by atoms with van der Waals surface area (Å²) in [5, 5.41) is 12.3. The fourth-order valence-corrected chi connectivity index (χ4v) is 3.92. The van der Waals surface area contributed by atoms with Gasteiger partial charge >= 0.3 is 0 Å². The summed E-state index contributed by atoms with van der Waals surface area (Å²) in [5.41, 5.74) is 9.08. The number of hydrogen-bond acceptors (Lipinski definition) is 4. The van der Waals surface area contributed by atoms with Crippen LogP contribution < -0.4 is 16.6 Å². The average Bonchev–Trinajstić information content (AvgIpc) is 3.16. The summed E-state index contributed by atoms with van der Waals surface area (Å²) >= 11 is 0. The van der Waals surface area contributed by atoms with Crippen molar-refractivity contribution < 1.29 is 4.79 Å².